The van der Waals surface area contributed by atoms with Crippen molar-refractivity contribution in [3.8, 4) is 28.6 Å². The van der Waals surface area contributed by atoms with Crippen molar-refractivity contribution >= 4 is 29.0 Å². The Balaban J connectivity index is 1.47. The number of ether oxygens (including phenoxy) is 4. The van der Waals surface area contributed by atoms with Gasteiger partial charge in [0, 0.05) is 36.3 Å². The van der Waals surface area contributed by atoms with Crippen LogP contribution < -0.4 is 19.6 Å². The largest absolute Gasteiger partial charge is 0.497 e. The Morgan fingerprint density at radius 1 is 0.909 bits per heavy atom. The normalized spacial score (nSPS) is 11.8. The number of fused-ring (bicyclic) bond motifs is 1. The van der Waals surface area contributed by atoms with Crippen molar-refractivity contribution in [1.82, 2.24) is 0 Å². The van der Waals surface area contributed by atoms with Crippen LogP contribution in [0.5, 0.6) is 17.2 Å². The number of hydrogen-bond acceptors (Lipinski definition) is 8. The minimum absolute atomic E-state index is 0.163. The van der Waals surface area contributed by atoms with Crippen molar-refractivity contribution in [1.29, 1.82) is 0 Å². The maximum Gasteiger partial charge on any atom is 0.336 e. The van der Waals surface area contributed by atoms with Gasteiger partial charge in [0.15, 0.2) is 5.43 Å². The summed E-state index contributed by atoms with van der Waals surface area (Å²) in [6.45, 7) is 4.42. The highest BCUT2D eigenvalue weighted by atomic mass is 16.5. The van der Waals surface area contributed by atoms with E-state index >= 15 is 0 Å². The molecule has 0 aliphatic carbocycles. The SMILES string of the molecule is CCCCC(CC)CC(=O)OCc1ccc(-c2cc(=O)c3c(OC)cc(OC(=O)C=Cc4ccc(OC)cc4)cc3o2)cc1. The third-order valence-electron chi connectivity index (χ3n) is 7.37. The van der Waals surface area contributed by atoms with E-state index in [2.05, 4.69) is 13.8 Å². The van der Waals surface area contributed by atoms with Crippen LogP contribution in [0.15, 0.2) is 82.0 Å². The number of unbranched alkanes of at least 4 members (excludes halogenated alkanes) is 1. The van der Waals surface area contributed by atoms with Crippen LogP contribution in [0, 0.1) is 5.92 Å². The topological polar surface area (TPSA) is 101 Å². The van der Waals surface area contributed by atoms with Crippen LogP contribution in [0.2, 0.25) is 0 Å². The van der Waals surface area contributed by atoms with Gasteiger partial charge in [-0.2, -0.15) is 0 Å². The number of methoxy groups -OCH3 is 2. The summed E-state index contributed by atoms with van der Waals surface area (Å²) in [7, 11) is 3.01. The fraction of sp³-hybridized carbons (Fsp3) is 0.306. The summed E-state index contributed by atoms with van der Waals surface area (Å²) in [5, 5.41) is 0.234. The van der Waals surface area contributed by atoms with Crippen LogP contribution in [0.1, 0.15) is 57.1 Å². The van der Waals surface area contributed by atoms with E-state index < -0.39 is 5.97 Å². The molecule has 0 saturated carbocycles. The predicted molar refractivity (Wildman–Crippen MR) is 170 cm³/mol. The Labute approximate surface area is 257 Å². The zero-order valence-electron chi connectivity index (χ0n) is 25.6. The van der Waals surface area contributed by atoms with Gasteiger partial charge in [0.1, 0.15) is 40.6 Å². The summed E-state index contributed by atoms with van der Waals surface area (Å²) in [5.74, 6) is 0.973. The van der Waals surface area contributed by atoms with E-state index in [0.29, 0.717) is 29.4 Å². The molecule has 0 spiro atoms. The number of carbonyl (C=O) groups excluding carboxylic acids is 2. The lowest BCUT2D eigenvalue weighted by Crippen LogP contribution is -2.11. The van der Waals surface area contributed by atoms with Crippen LogP contribution in [0.25, 0.3) is 28.4 Å². The van der Waals surface area contributed by atoms with Crippen LogP contribution in [0.3, 0.4) is 0 Å². The van der Waals surface area contributed by atoms with Gasteiger partial charge in [-0.15, -0.1) is 0 Å². The second-order valence-electron chi connectivity index (χ2n) is 10.5. The van der Waals surface area contributed by atoms with Gasteiger partial charge >= 0.3 is 11.9 Å². The second-order valence-corrected chi connectivity index (χ2v) is 10.5. The van der Waals surface area contributed by atoms with Crippen molar-refractivity contribution in [3.05, 3.63) is 94.2 Å². The van der Waals surface area contributed by atoms with E-state index in [1.54, 1.807) is 37.5 Å². The summed E-state index contributed by atoms with van der Waals surface area (Å²) in [5.41, 5.74) is 2.19. The molecule has 1 atom stereocenters. The molecule has 230 valence electrons. The number of carbonyl (C=O) groups is 2. The second kappa shape index (κ2) is 15.6. The molecule has 3 aromatic carbocycles. The Kier molecular flexibility index (Phi) is 11.3. The van der Waals surface area contributed by atoms with Crippen LogP contribution in [0.4, 0.5) is 0 Å². The van der Waals surface area contributed by atoms with E-state index in [1.807, 2.05) is 24.3 Å². The monoisotopic (exact) mass is 598 g/mol. The van der Waals surface area contributed by atoms with E-state index in [9.17, 15) is 14.4 Å². The van der Waals surface area contributed by atoms with Gasteiger partial charge in [0.05, 0.1) is 14.2 Å². The molecule has 1 aromatic heterocycles. The summed E-state index contributed by atoms with van der Waals surface area (Å²) in [4.78, 5) is 38.0. The average molecular weight is 599 g/mol. The summed E-state index contributed by atoms with van der Waals surface area (Å²) in [6, 6.07) is 18.8. The third-order valence-corrected chi connectivity index (χ3v) is 7.37. The Bertz CT molecular complexity index is 1650. The lowest BCUT2D eigenvalue weighted by atomic mass is 9.96. The molecule has 1 unspecified atom stereocenters. The van der Waals surface area contributed by atoms with Gasteiger partial charge < -0.3 is 23.4 Å². The quantitative estimate of drug-likeness (QED) is 0.0825. The highest BCUT2D eigenvalue weighted by Crippen LogP contribution is 2.32. The van der Waals surface area contributed by atoms with E-state index in [1.165, 1.54) is 31.4 Å². The molecule has 4 aromatic rings. The van der Waals surface area contributed by atoms with Gasteiger partial charge in [-0.3, -0.25) is 9.59 Å². The average Bonchev–Trinajstić information content (AvgIpc) is 3.04. The van der Waals surface area contributed by atoms with Crippen molar-refractivity contribution in [3.63, 3.8) is 0 Å². The van der Waals surface area contributed by atoms with Gasteiger partial charge in [-0.1, -0.05) is 69.5 Å². The first-order valence-corrected chi connectivity index (χ1v) is 14.8. The molecular weight excluding hydrogens is 560 g/mol. The molecule has 0 aliphatic rings. The van der Waals surface area contributed by atoms with E-state index in [0.717, 1.165) is 36.8 Å². The van der Waals surface area contributed by atoms with E-state index in [4.69, 9.17) is 23.4 Å². The molecule has 0 fully saturated rings. The highest BCUT2D eigenvalue weighted by Gasteiger charge is 2.16. The maximum absolute atomic E-state index is 13.1. The molecular formula is C36H38O8. The van der Waals surface area contributed by atoms with Crippen molar-refractivity contribution < 1.29 is 33.0 Å². The molecule has 0 bridgehead atoms. The maximum atomic E-state index is 13.1. The number of hydrogen-bond donors (Lipinski definition) is 0. The zero-order valence-corrected chi connectivity index (χ0v) is 25.6. The van der Waals surface area contributed by atoms with Gasteiger partial charge in [-0.05, 0) is 41.7 Å². The zero-order chi connectivity index (χ0) is 31.5. The number of benzene rings is 3. The summed E-state index contributed by atoms with van der Waals surface area (Å²) < 4.78 is 27.7. The minimum atomic E-state index is -0.608. The Morgan fingerprint density at radius 3 is 2.32 bits per heavy atom. The van der Waals surface area contributed by atoms with E-state index in [-0.39, 0.29) is 40.5 Å². The standard InChI is InChI=1S/C36H38O8/c1-5-7-8-24(6-2)19-35(39)42-23-26-9-14-27(15-10-26)31-22-30(37)36-32(41-4)20-29(21-33(36)44-31)43-34(38)18-13-25-11-16-28(40-3)17-12-25/h9-18,20-22,24H,5-8,19,23H2,1-4H3. The van der Waals surface area contributed by atoms with Crippen molar-refractivity contribution in [2.75, 3.05) is 14.2 Å². The van der Waals surface area contributed by atoms with Crippen molar-refractivity contribution in [2.45, 2.75) is 52.6 Å². The van der Waals surface area contributed by atoms with Gasteiger partial charge in [-0.25, -0.2) is 4.79 Å². The third kappa shape index (κ3) is 8.60. The lowest BCUT2D eigenvalue weighted by Gasteiger charge is -2.13. The smallest absolute Gasteiger partial charge is 0.336 e. The molecule has 44 heavy (non-hydrogen) atoms. The molecule has 0 radical (unpaired) electrons. The molecule has 0 amide bonds. The molecule has 8 nitrogen and oxygen atoms in total. The first-order chi connectivity index (χ1) is 21.3. The van der Waals surface area contributed by atoms with Crippen LogP contribution in [-0.2, 0) is 20.9 Å². The van der Waals surface area contributed by atoms with Gasteiger partial charge in [0.25, 0.3) is 0 Å². The highest BCUT2D eigenvalue weighted by molar-refractivity contribution is 5.91. The van der Waals surface area contributed by atoms with Crippen LogP contribution >= 0.6 is 0 Å². The molecule has 0 aliphatic heterocycles. The predicted octanol–water partition coefficient (Wildman–Crippen LogP) is 7.75. The Hall–Kier alpha value is -4.85. The van der Waals surface area contributed by atoms with Crippen molar-refractivity contribution in [2.24, 2.45) is 5.92 Å². The summed E-state index contributed by atoms with van der Waals surface area (Å²) >= 11 is 0. The number of rotatable bonds is 14. The molecule has 1 heterocycles. The first-order valence-electron chi connectivity index (χ1n) is 14.8. The van der Waals surface area contributed by atoms with Gasteiger partial charge in [0.2, 0.25) is 0 Å². The fourth-order valence-corrected chi connectivity index (χ4v) is 4.79. The first kappa shape index (κ1) is 32.1. The minimum Gasteiger partial charge on any atom is -0.497 e. The molecule has 8 heteroatoms. The lowest BCUT2D eigenvalue weighted by molar-refractivity contribution is -0.146. The number of esters is 2. The molecule has 0 saturated heterocycles. The molecule has 0 N–H and O–H groups in total. The fourth-order valence-electron chi connectivity index (χ4n) is 4.79. The Morgan fingerprint density at radius 2 is 1.66 bits per heavy atom. The van der Waals surface area contributed by atoms with Crippen LogP contribution in [-0.4, -0.2) is 26.2 Å². The summed E-state index contributed by atoms with van der Waals surface area (Å²) in [6.07, 6.45) is 7.57. The molecule has 4 rings (SSSR count).